The molecule has 0 atom stereocenters. The SMILES string of the molecule is CCC(CC)(SCC(=O)O)C(=O)O. The van der Waals surface area contributed by atoms with Gasteiger partial charge in [-0.3, -0.25) is 9.59 Å². The molecular formula is C8H14O4S. The first-order chi connectivity index (χ1) is 5.98. The highest BCUT2D eigenvalue weighted by atomic mass is 32.2. The van der Waals surface area contributed by atoms with Gasteiger partial charge in [0.2, 0.25) is 0 Å². The van der Waals surface area contributed by atoms with E-state index in [1.807, 2.05) is 0 Å². The predicted octanol–water partition coefficient (Wildman–Crippen LogP) is 1.45. The fourth-order valence-electron chi connectivity index (χ4n) is 1.02. The van der Waals surface area contributed by atoms with Crippen molar-refractivity contribution in [2.24, 2.45) is 0 Å². The van der Waals surface area contributed by atoms with Crippen LogP contribution in [-0.4, -0.2) is 32.7 Å². The highest BCUT2D eigenvalue weighted by molar-refractivity contribution is 8.02. The van der Waals surface area contributed by atoms with E-state index < -0.39 is 16.7 Å². The van der Waals surface area contributed by atoms with Gasteiger partial charge in [-0.25, -0.2) is 0 Å². The Kier molecular flexibility index (Phi) is 4.83. The molecule has 0 amide bonds. The lowest BCUT2D eigenvalue weighted by molar-refractivity contribution is -0.140. The lowest BCUT2D eigenvalue weighted by Crippen LogP contribution is -2.34. The minimum Gasteiger partial charge on any atom is -0.481 e. The van der Waals surface area contributed by atoms with Gasteiger partial charge in [-0.15, -0.1) is 11.8 Å². The van der Waals surface area contributed by atoms with Crippen LogP contribution in [0.3, 0.4) is 0 Å². The Hall–Kier alpha value is -0.710. The zero-order chi connectivity index (χ0) is 10.5. The van der Waals surface area contributed by atoms with Crippen LogP contribution in [-0.2, 0) is 9.59 Å². The first-order valence-electron chi connectivity index (χ1n) is 4.07. The van der Waals surface area contributed by atoms with Crippen LogP contribution < -0.4 is 0 Å². The van der Waals surface area contributed by atoms with E-state index in [0.29, 0.717) is 12.8 Å². The second-order valence-electron chi connectivity index (χ2n) is 2.69. The van der Waals surface area contributed by atoms with Gasteiger partial charge in [-0.1, -0.05) is 13.8 Å². The van der Waals surface area contributed by atoms with E-state index in [0.717, 1.165) is 11.8 Å². The molecule has 0 heterocycles. The number of thioether (sulfide) groups is 1. The molecule has 0 aromatic rings. The lowest BCUT2D eigenvalue weighted by atomic mass is 10.0. The summed E-state index contributed by atoms with van der Waals surface area (Å²) in [4.78, 5) is 21.2. The normalized spacial score (nSPS) is 11.2. The lowest BCUT2D eigenvalue weighted by Gasteiger charge is -2.24. The molecule has 5 heteroatoms. The van der Waals surface area contributed by atoms with Gasteiger partial charge < -0.3 is 10.2 Å². The number of carboxylic acid groups (broad SMARTS) is 2. The van der Waals surface area contributed by atoms with Crippen LogP contribution in [0.15, 0.2) is 0 Å². The molecule has 2 N–H and O–H groups in total. The Morgan fingerprint density at radius 1 is 1.23 bits per heavy atom. The number of carbonyl (C=O) groups is 2. The van der Waals surface area contributed by atoms with Crippen LogP contribution in [0.2, 0.25) is 0 Å². The third kappa shape index (κ3) is 3.26. The minimum absolute atomic E-state index is 0.159. The van der Waals surface area contributed by atoms with E-state index in [4.69, 9.17) is 10.2 Å². The maximum Gasteiger partial charge on any atom is 0.319 e. The van der Waals surface area contributed by atoms with E-state index in [-0.39, 0.29) is 5.75 Å². The summed E-state index contributed by atoms with van der Waals surface area (Å²) >= 11 is 0.986. The van der Waals surface area contributed by atoms with E-state index in [9.17, 15) is 9.59 Å². The molecule has 0 radical (unpaired) electrons. The van der Waals surface area contributed by atoms with Crippen molar-refractivity contribution >= 4 is 23.7 Å². The Morgan fingerprint density at radius 3 is 1.92 bits per heavy atom. The number of aliphatic carboxylic acids is 2. The quantitative estimate of drug-likeness (QED) is 0.688. The second kappa shape index (κ2) is 5.11. The Bertz CT molecular complexity index is 198. The maximum absolute atomic E-state index is 10.9. The van der Waals surface area contributed by atoms with Crippen molar-refractivity contribution in [2.75, 3.05) is 5.75 Å². The van der Waals surface area contributed by atoms with E-state index in [1.54, 1.807) is 13.8 Å². The fourth-order valence-corrected chi connectivity index (χ4v) is 1.95. The predicted molar refractivity (Wildman–Crippen MR) is 51.0 cm³/mol. The van der Waals surface area contributed by atoms with Gasteiger partial charge >= 0.3 is 11.9 Å². The third-order valence-corrected chi connectivity index (χ3v) is 3.70. The van der Waals surface area contributed by atoms with Gasteiger partial charge in [0.05, 0.1) is 5.75 Å². The summed E-state index contributed by atoms with van der Waals surface area (Å²) in [6.07, 6.45) is 0.882. The molecule has 0 aliphatic heterocycles. The highest BCUT2D eigenvalue weighted by Crippen LogP contribution is 2.32. The zero-order valence-corrected chi connectivity index (χ0v) is 8.56. The van der Waals surface area contributed by atoms with Crippen molar-refractivity contribution in [3.05, 3.63) is 0 Å². The molecule has 0 rings (SSSR count). The van der Waals surface area contributed by atoms with Crippen LogP contribution >= 0.6 is 11.8 Å². The first-order valence-corrected chi connectivity index (χ1v) is 5.06. The average Bonchev–Trinajstić information content (AvgIpc) is 2.06. The molecule has 0 saturated carbocycles. The number of carboxylic acids is 2. The summed E-state index contributed by atoms with van der Waals surface area (Å²) in [6, 6.07) is 0. The molecule has 0 aliphatic rings. The Labute approximate surface area is 81.3 Å². The van der Waals surface area contributed by atoms with Gasteiger partial charge in [0.1, 0.15) is 4.75 Å². The van der Waals surface area contributed by atoms with Gasteiger partial charge in [-0.2, -0.15) is 0 Å². The monoisotopic (exact) mass is 206 g/mol. The molecule has 0 aromatic heterocycles. The molecule has 4 nitrogen and oxygen atoms in total. The molecule has 0 spiro atoms. The summed E-state index contributed by atoms with van der Waals surface area (Å²) < 4.78 is -0.932. The van der Waals surface area contributed by atoms with Crippen molar-refractivity contribution in [1.82, 2.24) is 0 Å². The van der Waals surface area contributed by atoms with Crippen molar-refractivity contribution in [3.8, 4) is 0 Å². The van der Waals surface area contributed by atoms with Crippen molar-refractivity contribution in [3.63, 3.8) is 0 Å². The number of rotatable bonds is 6. The topological polar surface area (TPSA) is 74.6 Å². The maximum atomic E-state index is 10.9. The van der Waals surface area contributed by atoms with Crippen LogP contribution in [0, 0.1) is 0 Å². The van der Waals surface area contributed by atoms with Crippen molar-refractivity contribution in [2.45, 2.75) is 31.4 Å². The second-order valence-corrected chi connectivity index (χ2v) is 4.05. The standard InChI is InChI=1S/C8H14O4S/c1-3-8(4-2,7(11)12)13-5-6(9)10/h3-5H2,1-2H3,(H,9,10)(H,11,12). The van der Waals surface area contributed by atoms with Crippen LogP contribution in [0.4, 0.5) is 0 Å². The average molecular weight is 206 g/mol. The summed E-state index contributed by atoms with van der Waals surface area (Å²) in [5.74, 6) is -2.06. The molecule has 13 heavy (non-hydrogen) atoms. The van der Waals surface area contributed by atoms with Crippen LogP contribution in [0.5, 0.6) is 0 Å². The van der Waals surface area contributed by atoms with Gasteiger partial charge in [-0.05, 0) is 12.8 Å². The number of hydrogen-bond acceptors (Lipinski definition) is 3. The molecule has 0 aliphatic carbocycles. The summed E-state index contributed by atoms with van der Waals surface area (Å²) in [7, 11) is 0. The summed E-state index contributed by atoms with van der Waals surface area (Å²) in [6.45, 7) is 3.51. The van der Waals surface area contributed by atoms with Crippen molar-refractivity contribution in [1.29, 1.82) is 0 Å². The third-order valence-electron chi connectivity index (χ3n) is 2.00. The molecule has 0 bridgehead atoms. The van der Waals surface area contributed by atoms with Crippen LogP contribution in [0.25, 0.3) is 0 Å². The summed E-state index contributed by atoms with van der Waals surface area (Å²) in [5.41, 5.74) is 0. The molecule has 0 fully saturated rings. The van der Waals surface area contributed by atoms with Gasteiger partial charge in [0.25, 0.3) is 0 Å². The van der Waals surface area contributed by atoms with Gasteiger partial charge in [0.15, 0.2) is 0 Å². The Morgan fingerprint density at radius 2 is 1.69 bits per heavy atom. The zero-order valence-electron chi connectivity index (χ0n) is 7.74. The minimum atomic E-state index is -0.975. The van der Waals surface area contributed by atoms with E-state index >= 15 is 0 Å². The van der Waals surface area contributed by atoms with Gasteiger partial charge in [0, 0.05) is 0 Å². The molecule has 0 unspecified atom stereocenters. The van der Waals surface area contributed by atoms with Crippen LogP contribution in [0.1, 0.15) is 26.7 Å². The largest absolute Gasteiger partial charge is 0.481 e. The highest BCUT2D eigenvalue weighted by Gasteiger charge is 2.35. The molecule has 0 aromatic carbocycles. The van der Waals surface area contributed by atoms with E-state index in [1.165, 1.54) is 0 Å². The first kappa shape index (κ1) is 12.3. The fraction of sp³-hybridized carbons (Fsp3) is 0.750. The van der Waals surface area contributed by atoms with E-state index in [2.05, 4.69) is 0 Å². The smallest absolute Gasteiger partial charge is 0.319 e. The van der Waals surface area contributed by atoms with Crippen molar-refractivity contribution < 1.29 is 19.8 Å². The molecule has 0 saturated heterocycles. The molecule has 76 valence electrons. The number of hydrogen-bond donors (Lipinski definition) is 2. The Balaban J connectivity index is 4.39. The molecular weight excluding hydrogens is 192 g/mol. The summed E-state index contributed by atoms with van der Waals surface area (Å²) in [5, 5.41) is 17.4.